The highest BCUT2D eigenvalue weighted by atomic mass is 32.2. The molecule has 1 fully saturated rings. The lowest BCUT2D eigenvalue weighted by Gasteiger charge is -1.99. The fourth-order valence-corrected chi connectivity index (χ4v) is 2.59. The molecule has 0 radical (unpaired) electrons. The molecule has 1 atom stereocenters. The van der Waals surface area contributed by atoms with Crippen LogP contribution in [0.3, 0.4) is 0 Å². The highest BCUT2D eigenvalue weighted by Gasteiger charge is 2.22. The SMILES string of the molecule is O=C(O)c1cc(C2CCSC2)no1. The maximum atomic E-state index is 10.5. The third-order valence-corrected chi connectivity index (χ3v) is 3.25. The lowest BCUT2D eigenvalue weighted by molar-refractivity contribution is 0.0652. The van der Waals surface area contributed by atoms with Crippen LogP contribution in [0.25, 0.3) is 0 Å². The lowest BCUT2D eigenvalue weighted by Crippen LogP contribution is -1.96. The summed E-state index contributed by atoms with van der Waals surface area (Å²) in [5, 5.41) is 12.4. The molecule has 1 aliphatic heterocycles. The summed E-state index contributed by atoms with van der Waals surface area (Å²) in [4.78, 5) is 10.5. The van der Waals surface area contributed by atoms with Gasteiger partial charge in [-0.1, -0.05) is 5.16 Å². The van der Waals surface area contributed by atoms with E-state index < -0.39 is 5.97 Å². The van der Waals surface area contributed by atoms with Crippen LogP contribution in [0.5, 0.6) is 0 Å². The van der Waals surface area contributed by atoms with Crippen molar-refractivity contribution in [3.05, 3.63) is 17.5 Å². The van der Waals surface area contributed by atoms with Crippen molar-refractivity contribution in [2.75, 3.05) is 11.5 Å². The minimum absolute atomic E-state index is 0.0631. The van der Waals surface area contributed by atoms with Crippen molar-refractivity contribution in [2.45, 2.75) is 12.3 Å². The van der Waals surface area contributed by atoms with Crippen LogP contribution in [0.2, 0.25) is 0 Å². The van der Waals surface area contributed by atoms with Gasteiger partial charge >= 0.3 is 5.97 Å². The highest BCUT2D eigenvalue weighted by Crippen LogP contribution is 2.31. The van der Waals surface area contributed by atoms with Gasteiger partial charge in [-0.25, -0.2) is 4.79 Å². The first-order valence-corrected chi connectivity index (χ1v) is 5.20. The van der Waals surface area contributed by atoms with Crippen molar-refractivity contribution < 1.29 is 14.4 Å². The van der Waals surface area contributed by atoms with E-state index >= 15 is 0 Å². The van der Waals surface area contributed by atoms with E-state index in [9.17, 15) is 4.79 Å². The Morgan fingerprint density at radius 2 is 2.62 bits per heavy atom. The molecule has 0 amide bonds. The third kappa shape index (κ3) is 1.70. The minimum atomic E-state index is -1.05. The van der Waals surface area contributed by atoms with Gasteiger partial charge in [0.25, 0.3) is 0 Å². The molecule has 0 spiro atoms. The summed E-state index contributed by atoms with van der Waals surface area (Å²) in [5.74, 6) is 1.41. The molecular formula is C8H9NO3S. The molecule has 1 aromatic rings. The normalized spacial score (nSPS) is 22.0. The summed E-state index contributed by atoms with van der Waals surface area (Å²) >= 11 is 1.87. The molecule has 1 unspecified atom stereocenters. The van der Waals surface area contributed by atoms with E-state index in [1.54, 1.807) is 0 Å². The molecule has 1 saturated heterocycles. The number of aromatic carboxylic acids is 1. The molecule has 1 N–H and O–H groups in total. The zero-order valence-corrected chi connectivity index (χ0v) is 7.71. The summed E-state index contributed by atoms with van der Waals surface area (Å²) in [6, 6.07) is 1.53. The molecule has 0 aromatic carbocycles. The van der Waals surface area contributed by atoms with Gasteiger partial charge in [0.1, 0.15) is 0 Å². The van der Waals surface area contributed by atoms with Crippen molar-refractivity contribution >= 4 is 17.7 Å². The van der Waals surface area contributed by atoms with Crippen molar-refractivity contribution in [3.63, 3.8) is 0 Å². The Kier molecular flexibility index (Phi) is 2.26. The summed E-state index contributed by atoms with van der Waals surface area (Å²) in [6.45, 7) is 0. The number of aromatic nitrogens is 1. The average Bonchev–Trinajstić information content (AvgIpc) is 2.75. The molecule has 5 heteroatoms. The Balaban J connectivity index is 2.16. The van der Waals surface area contributed by atoms with Gasteiger partial charge in [0, 0.05) is 17.7 Å². The number of carboxylic acid groups (broad SMARTS) is 1. The molecule has 4 nitrogen and oxygen atoms in total. The zero-order valence-electron chi connectivity index (χ0n) is 6.90. The van der Waals surface area contributed by atoms with E-state index in [1.807, 2.05) is 11.8 Å². The number of carbonyl (C=O) groups is 1. The first-order chi connectivity index (χ1) is 6.27. The van der Waals surface area contributed by atoms with Crippen LogP contribution in [-0.4, -0.2) is 27.7 Å². The van der Waals surface area contributed by atoms with Crippen LogP contribution in [0.4, 0.5) is 0 Å². The van der Waals surface area contributed by atoms with Crippen molar-refractivity contribution in [2.24, 2.45) is 0 Å². The van der Waals surface area contributed by atoms with Gasteiger partial charge in [-0.15, -0.1) is 0 Å². The largest absolute Gasteiger partial charge is 0.475 e. The minimum Gasteiger partial charge on any atom is -0.475 e. The van der Waals surface area contributed by atoms with E-state index in [0.717, 1.165) is 23.6 Å². The summed E-state index contributed by atoms with van der Waals surface area (Å²) in [5.41, 5.74) is 0.780. The van der Waals surface area contributed by atoms with Gasteiger partial charge in [0.05, 0.1) is 5.69 Å². The van der Waals surface area contributed by atoms with Crippen LogP contribution < -0.4 is 0 Å². The molecule has 13 heavy (non-hydrogen) atoms. The second kappa shape index (κ2) is 3.41. The maximum absolute atomic E-state index is 10.5. The third-order valence-electron chi connectivity index (χ3n) is 2.09. The number of thioether (sulfide) groups is 1. The van der Waals surface area contributed by atoms with E-state index in [2.05, 4.69) is 9.68 Å². The zero-order chi connectivity index (χ0) is 9.26. The Bertz CT molecular complexity index is 317. The highest BCUT2D eigenvalue weighted by molar-refractivity contribution is 7.99. The molecule has 2 heterocycles. The number of hydrogen-bond acceptors (Lipinski definition) is 4. The maximum Gasteiger partial charge on any atom is 0.374 e. The molecule has 70 valence electrons. The fraction of sp³-hybridized carbons (Fsp3) is 0.500. The topological polar surface area (TPSA) is 63.3 Å². The standard InChI is InChI=1S/C8H9NO3S/c10-8(11)7-3-6(9-12-7)5-1-2-13-4-5/h3,5H,1-2,4H2,(H,10,11). The second-order valence-corrected chi connectivity index (χ2v) is 4.13. The summed E-state index contributed by atoms with van der Waals surface area (Å²) < 4.78 is 4.68. The van der Waals surface area contributed by atoms with Crippen LogP contribution in [0.1, 0.15) is 28.6 Å². The predicted octanol–water partition coefficient (Wildman–Crippen LogP) is 1.59. The van der Waals surface area contributed by atoms with Crippen LogP contribution in [-0.2, 0) is 0 Å². The van der Waals surface area contributed by atoms with Crippen molar-refractivity contribution in [1.82, 2.24) is 5.16 Å². The number of carboxylic acids is 1. The average molecular weight is 199 g/mol. The van der Waals surface area contributed by atoms with E-state index in [-0.39, 0.29) is 5.76 Å². The quantitative estimate of drug-likeness (QED) is 0.783. The monoisotopic (exact) mass is 199 g/mol. The van der Waals surface area contributed by atoms with Crippen LogP contribution in [0.15, 0.2) is 10.6 Å². The van der Waals surface area contributed by atoms with Gasteiger partial charge in [0.15, 0.2) is 0 Å². The molecular weight excluding hydrogens is 190 g/mol. The molecule has 0 saturated carbocycles. The summed E-state index contributed by atoms with van der Waals surface area (Å²) in [6.07, 6.45) is 1.07. The number of rotatable bonds is 2. The molecule has 2 rings (SSSR count). The van der Waals surface area contributed by atoms with Crippen LogP contribution >= 0.6 is 11.8 Å². The predicted molar refractivity (Wildman–Crippen MR) is 48.1 cm³/mol. The Labute approximate surface area is 79.3 Å². The smallest absolute Gasteiger partial charge is 0.374 e. The van der Waals surface area contributed by atoms with Crippen LogP contribution in [0, 0.1) is 0 Å². The molecule has 0 aliphatic carbocycles. The van der Waals surface area contributed by atoms with Gasteiger partial charge in [-0.05, 0) is 12.2 Å². The van der Waals surface area contributed by atoms with Crippen molar-refractivity contribution in [3.8, 4) is 0 Å². The Morgan fingerprint density at radius 3 is 3.15 bits per heavy atom. The van der Waals surface area contributed by atoms with Crippen molar-refractivity contribution in [1.29, 1.82) is 0 Å². The van der Waals surface area contributed by atoms with Gasteiger partial charge < -0.3 is 9.63 Å². The lowest BCUT2D eigenvalue weighted by atomic mass is 10.1. The first-order valence-electron chi connectivity index (χ1n) is 4.05. The van der Waals surface area contributed by atoms with Gasteiger partial charge in [-0.2, -0.15) is 11.8 Å². The Hall–Kier alpha value is -0.970. The van der Waals surface area contributed by atoms with Gasteiger partial charge in [-0.3, -0.25) is 0 Å². The first kappa shape index (κ1) is 8.62. The fourth-order valence-electron chi connectivity index (χ4n) is 1.35. The summed E-state index contributed by atoms with van der Waals surface area (Å²) in [7, 11) is 0. The number of hydrogen-bond donors (Lipinski definition) is 1. The van der Waals surface area contributed by atoms with E-state index in [0.29, 0.717) is 5.92 Å². The van der Waals surface area contributed by atoms with E-state index in [4.69, 9.17) is 5.11 Å². The molecule has 1 aliphatic rings. The van der Waals surface area contributed by atoms with E-state index in [1.165, 1.54) is 6.07 Å². The van der Waals surface area contributed by atoms with Gasteiger partial charge in [0.2, 0.25) is 5.76 Å². The Morgan fingerprint density at radius 1 is 1.77 bits per heavy atom. The number of nitrogens with zero attached hydrogens (tertiary/aromatic N) is 1. The molecule has 0 bridgehead atoms. The molecule has 1 aromatic heterocycles. The second-order valence-electron chi connectivity index (χ2n) is 2.98.